The van der Waals surface area contributed by atoms with E-state index in [1.165, 1.54) is 5.39 Å². The lowest BCUT2D eigenvalue weighted by atomic mass is 9.92. The number of fused-ring (bicyclic) bond motifs is 3. The Balaban J connectivity index is 2.07. The molecule has 28 heavy (non-hydrogen) atoms. The number of benzene rings is 2. The molecule has 1 N–H and O–H groups in total. The molecule has 0 saturated carbocycles. The fourth-order valence-corrected chi connectivity index (χ4v) is 3.77. The molecule has 0 aliphatic carbocycles. The van der Waals surface area contributed by atoms with Crippen molar-refractivity contribution in [1.82, 2.24) is 9.88 Å². The predicted molar refractivity (Wildman–Crippen MR) is 117 cm³/mol. The molecule has 1 atom stereocenters. The van der Waals surface area contributed by atoms with Crippen molar-refractivity contribution in [3.05, 3.63) is 42.5 Å². The van der Waals surface area contributed by atoms with E-state index < -0.39 is 0 Å². The van der Waals surface area contributed by atoms with Gasteiger partial charge in [0, 0.05) is 28.9 Å². The van der Waals surface area contributed by atoms with Gasteiger partial charge in [0.05, 0.1) is 12.6 Å². The van der Waals surface area contributed by atoms with Crippen molar-refractivity contribution in [3.63, 3.8) is 0 Å². The lowest BCUT2D eigenvalue weighted by Gasteiger charge is -2.23. The minimum atomic E-state index is -0.237. The minimum absolute atomic E-state index is 0.0940. The summed E-state index contributed by atoms with van der Waals surface area (Å²) in [5, 5.41) is 5.50. The van der Waals surface area contributed by atoms with Crippen molar-refractivity contribution < 1.29 is 9.53 Å². The number of carbonyl (C=O) groups excluding carboxylic acids is 1. The molecule has 0 spiro atoms. The molecule has 4 nitrogen and oxygen atoms in total. The second kappa shape index (κ2) is 8.26. The van der Waals surface area contributed by atoms with Crippen molar-refractivity contribution in [1.29, 1.82) is 0 Å². The van der Waals surface area contributed by atoms with Gasteiger partial charge >= 0.3 is 0 Å². The summed E-state index contributed by atoms with van der Waals surface area (Å²) in [7, 11) is 1.68. The van der Waals surface area contributed by atoms with E-state index in [4.69, 9.17) is 4.74 Å². The van der Waals surface area contributed by atoms with Crippen LogP contribution in [0.5, 0.6) is 5.75 Å². The van der Waals surface area contributed by atoms with Crippen LogP contribution in [0.1, 0.15) is 53.0 Å². The Bertz CT molecular complexity index is 966. The summed E-state index contributed by atoms with van der Waals surface area (Å²) < 4.78 is 7.66. The first-order valence-electron chi connectivity index (χ1n) is 10.2. The number of aromatic nitrogens is 1. The van der Waals surface area contributed by atoms with E-state index in [1.54, 1.807) is 7.11 Å². The van der Waals surface area contributed by atoms with Crippen LogP contribution in [0.4, 0.5) is 0 Å². The number of nitrogens with zero attached hydrogens (tertiary/aromatic N) is 1. The highest BCUT2D eigenvalue weighted by Gasteiger charge is 2.24. The molecule has 4 heteroatoms. The summed E-state index contributed by atoms with van der Waals surface area (Å²) >= 11 is 0. The Morgan fingerprint density at radius 2 is 1.82 bits per heavy atom. The van der Waals surface area contributed by atoms with Crippen LogP contribution in [0, 0.1) is 5.41 Å². The van der Waals surface area contributed by atoms with Gasteiger partial charge in [-0.25, -0.2) is 0 Å². The van der Waals surface area contributed by atoms with Gasteiger partial charge < -0.3 is 14.6 Å². The van der Waals surface area contributed by atoms with Crippen LogP contribution in [0.2, 0.25) is 0 Å². The van der Waals surface area contributed by atoms with Gasteiger partial charge in [0.1, 0.15) is 11.8 Å². The van der Waals surface area contributed by atoms with E-state index in [0.29, 0.717) is 6.54 Å². The Labute approximate surface area is 167 Å². The lowest BCUT2D eigenvalue weighted by Crippen LogP contribution is -2.34. The molecule has 2 aromatic carbocycles. The smallest absolute Gasteiger partial charge is 0.243 e. The van der Waals surface area contributed by atoms with E-state index in [-0.39, 0.29) is 17.4 Å². The molecule has 0 aliphatic heterocycles. The summed E-state index contributed by atoms with van der Waals surface area (Å²) in [4.78, 5) is 13.2. The molecule has 1 heterocycles. The van der Waals surface area contributed by atoms with Crippen molar-refractivity contribution in [2.75, 3.05) is 13.7 Å². The molecule has 0 aliphatic rings. The van der Waals surface area contributed by atoms with Gasteiger partial charge in [0.2, 0.25) is 5.91 Å². The third kappa shape index (κ3) is 4.16. The van der Waals surface area contributed by atoms with Crippen LogP contribution in [0.3, 0.4) is 0 Å². The highest BCUT2D eigenvalue weighted by Crippen LogP contribution is 2.35. The molecular formula is C24H32N2O2. The third-order valence-corrected chi connectivity index (χ3v) is 5.27. The lowest BCUT2D eigenvalue weighted by molar-refractivity contribution is -0.124. The number of amides is 1. The van der Waals surface area contributed by atoms with Gasteiger partial charge in [0.25, 0.3) is 0 Å². The molecule has 1 amide bonds. The summed E-state index contributed by atoms with van der Waals surface area (Å²) in [6, 6.07) is 14.2. The normalized spacial score (nSPS) is 13.0. The van der Waals surface area contributed by atoms with E-state index >= 15 is 0 Å². The van der Waals surface area contributed by atoms with E-state index in [2.05, 4.69) is 61.8 Å². The zero-order valence-corrected chi connectivity index (χ0v) is 17.7. The number of carbonyl (C=O) groups is 1. The zero-order valence-electron chi connectivity index (χ0n) is 17.7. The van der Waals surface area contributed by atoms with Crippen LogP contribution in [-0.2, 0) is 4.79 Å². The number of ether oxygens (including phenoxy) is 1. The molecule has 0 fully saturated rings. The van der Waals surface area contributed by atoms with E-state index in [9.17, 15) is 4.79 Å². The fraction of sp³-hybridized carbons (Fsp3) is 0.458. The summed E-state index contributed by atoms with van der Waals surface area (Å²) in [5.41, 5.74) is 2.34. The van der Waals surface area contributed by atoms with Gasteiger partial charge in [-0.1, -0.05) is 52.3 Å². The summed E-state index contributed by atoms with van der Waals surface area (Å²) in [6.45, 7) is 9.42. The van der Waals surface area contributed by atoms with Crippen molar-refractivity contribution in [3.8, 4) is 5.75 Å². The first kappa shape index (κ1) is 20.2. The number of hydrogen-bond acceptors (Lipinski definition) is 2. The zero-order chi connectivity index (χ0) is 20.3. The molecule has 3 rings (SSSR count). The number of hydrogen-bond donors (Lipinski definition) is 1. The Morgan fingerprint density at radius 3 is 2.50 bits per heavy atom. The number of rotatable bonds is 7. The highest BCUT2D eigenvalue weighted by molar-refractivity contribution is 6.09. The molecule has 1 aromatic heterocycles. The number of nitrogens with one attached hydrogen (secondary N) is 1. The molecular weight excluding hydrogens is 348 g/mol. The largest absolute Gasteiger partial charge is 0.497 e. The Kier molecular flexibility index (Phi) is 5.97. The van der Waals surface area contributed by atoms with Gasteiger partial charge in [-0.05, 0) is 36.5 Å². The first-order chi connectivity index (χ1) is 13.4. The monoisotopic (exact) mass is 380 g/mol. The van der Waals surface area contributed by atoms with Crippen molar-refractivity contribution in [2.24, 2.45) is 5.41 Å². The van der Waals surface area contributed by atoms with Gasteiger partial charge in [-0.2, -0.15) is 0 Å². The Morgan fingerprint density at radius 1 is 1.11 bits per heavy atom. The maximum absolute atomic E-state index is 13.2. The molecule has 0 saturated heterocycles. The quantitative estimate of drug-likeness (QED) is 0.571. The van der Waals surface area contributed by atoms with Gasteiger partial charge in [-0.15, -0.1) is 0 Å². The maximum atomic E-state index is 13.2. The number of para-hydroxylation sites is 1. The van der Waals surface area contributed by atoms with Crippen LogP contribution >= 0.6 is 0 Å². The fourth-order valence-electron chi connectivity index (χ4n) is 3.77. The van der Waals surface area contributed by atoms with E-state index in [0.717, 1.165) is 41.4 Å². The molecule has 0 radical (unpaired) electrons. The Hall–Kier alpha value is -2.49. The third-order valence-electron chi connectivity index (χ3n) is 5.27. The number of methoxy groups -OCH3 is 1. The van der Waals surface area contributed by atoms with Crippen LogP contribution < -0.4 is 10.1 Å². The second-order valence-electron chi connectivity index (χ2n) is 8.68. The summed E-state index contributed by atoms with van der Waals surface area (Å²) in [6.07, 6.45) is 2.69. The molecule has 1 unspecified atom stereocenters. The molecule has 3 aromatic rings. The average molecular weight is 381 g/mol. The van der Waals surface area contributed by atoms with Crippen LogP contribution in [0.25, 0.3) is 21.8 Å². The molecule has 0 bridgehead atoms. The van der Waals surface area contributed by atoms with E-state index in [1.807, 2.05) is 18.2 Å². The molecule has 150 valence electrons. The predicted octanol–water partition coefficient (Wildman–Crippen LogP) is 5.70. The second-order valence-corrected chi connectivity index (χ2v) is 8.68. The maximum Gasteiger partial charge on any atom is 0.243 e. The minimum Gasteiger partial charge on any atom is -0.497 e. The van der Waals surface area contributed by atoms with Gasteiger partial charge in [-0.3, -0.25) is 4.79 Å². The topological polar surface area (TPSA) is 43.3 Å². The average Bonchev–Trinajstić information content (AvgIpc) is 2.98. The SMILES string of the molecule is CCCC(C(=O)NCCC(C)(C)C)n1c2ccccc2c2ccc(OC)cc21. The van der Waals surface area contributed by atoms with Crippen LogP contribution in [0.15, 0.2) is 42.5 Å². The van der Waals surface area contributed by atoms with Crippen molar-refractivity contribution >= 4 is 27.7 Å². The summed E-state index contributed by atoms with van der Waals surface area (Å²) in [5.74, 6) is 0.900. The standard InChI is InChI=1S/C24H32N2O2/c1-6-9-21(23(27)25-15-14-24(2,3)4)26-20-11-8-7-10-18(20)19-13-12-17(28-5)16-22(19)26/h7-8,10-13,16,21H,6,9,14-15H2,1-5H3,(H,25,27). The van der Waals surface area contributed by atoms with Crippen LogP contribution in [-0.4, -0.2) is 24.1 Å². The first-order valence-corrected chi connectivity index (χ1v) is 10.2. The highest BCUT2D eigenvalue weighted by atomic mass is 16.5. The van der Waals surface area contributed by atoms with Crippen molar-refractivity contribution in [2.45, 2.75) is 53.0 Å². The van der Waals surface area contributed by atoms with Gasteiger partial charge in [0.15, 0.2) is 0 Å².